The number of carbonyl (C=O) groups excluding carboxylic acids is 2. The molecule has 3 rings (SSSR count). The first-order chi connectivity index (χ1) is 16.8. The van der Waals surface area contributed by atoms with Crippen LogP contribution in [0.15, 0.2) is 64.2 Å². The van der Waals surface area contributed by atoms with E-state index >= 15 is 0 Å². The second-order valence-corrected chi connectivity index (χ2v) is 8.52. The van der Waals surface area contributed by atoms with Crippen molar-refractivity contribution < 1.29 is 23.8 Å². The maximum absolute atomic E-state index is 12.3. The maximum Gasteiger partial charge on any atom is 0.271 e. The number of hydrogen-bond acceptors (Lipinski definition) is 6. The summed E-state index contributed by atoms with van der Waals surface area (Å²) in [5, 5.41) is 7.30. The molecule has 0 aliphatic carbocycles. The Balaban J connectivity index is 1.54. The minimum Gasteiger partial charge on any atom is -0.493 e. The molecule has 0 aromatic heterocycles. The summed E-state index contributed by atoms with van der Waals surface area (Å²) >= 11 is 9.50. The first kappa shape index (κ1) is 26.1. The third-order valence-electron chi connectivity index (χ3n) is 4.80. The van der Waals surface area contributed by atoms with Crippen molar-refractivity contribution in [3.63, 3.8) is 0 Å². The van der Waals surface area contributed by atoms with Crippen molar-refractivity contribution in [3.05, 3.63) is 80.8 Å². The fourth-order valence-corrected chi connectivity index (χ4v) is 3.62. The summed E-state index contributed by atoms with van der Waals surface area (Å²) < 4.78 is 16.6. The molecule has 0 unspecified atom stereocenters. The van der Waals surface area contributed by atoms with Crippen molar-refractivity contribution in [2.24, 2.45) is 5.10 Å². The zero-order valence-electron chi connectivity index (χ0n) is 19.2. The molecular formula is C25H23BrClN3O5. The molecule has 0 saturated carbocycles. The van der Waals surface area contributed by atoms with Gasteiger partial charge >= 0.3 is 0 Å². The van der Waals surface area contributed by atoms with Crippen LogP contribution in [-0.4, -0.2) is 38.9 Å². The Morgan fingerprint density at radius 1 is 1.00 bits per heavy atom. The van der Waals surface area contributed by atoms with Crippen molar-refractivity contribution in [2.75, 3.05) is 26.1 Å². The van der Waals surface area contributed by atoms with Crippen LogP contribution in [0.3, 0.4) is 0 Å². The highest BCUT2D eigenvalue weighted by Gasteiger charge is 2.11. The Morgan fingerprint density at radius 2 is 1.74 bits per heavy atom. The van der Waals surface area contributed by atoms with Gasteiger partial charge in [-0.3, -0.25) is 9.59 Å². The van der Waals surface area contributed by atoms with Crippen LogP contribution in [0.1, 0.15) is 21.5 Å². The third-order valence-corrected chi connectivity index (χ3v) is 5.82. The van der Waals surface area contributed by atoms with Gasteiger partial charge in [-0.25, -0.2) is 5.43 Å². The lowest BCUT2D eigenvalue weighted by Crippen LogP contribution is -2.20. The first-order valence-electron chi connectivity index (χ1n) is 10.3. The lowest BCUT2D eigenvalue weighted by molar-refractivity contribution is -0.118. The Bertz CT molecular complexity index is 1270. The van der Waals surface area contributed by atoms with Gasteiger partial charge in [0.2, 0.25) is 0 Å². The average Bonchev–Trinajstić information content (AvgIpc) is 2.85. The van der Waals surface area contributed by atoms with Gasteiger partial charge in [0.25, 0.3) is 11.8 Å². The van der Waals surface area contributed by atoms with Crippen molar-refractivity contribution in [2.45, 2.75) is 6.92 Å². The molecule has 0 bridgehead atoms. The fraction of sp³-hybridized carbons (Fsp3) is 0.160. The van der Waals surface area contributed by atoms with E-state index in [9.17, 15) is 9.59 Å². The van der Waals surface area contributed by atoms with E-state index in [0.717, 1.165) is 5.56 Å². The molecule has 3 aromatic rings. The van der Waals surface area contributed by atoms with E-state index < -0.39 is 5.91 Å². The molecule has 0 fully saturated rings. The number of benzene rings is 3. The van der Waals surface area contributed by atoms with Gasteiger partial charge < -0.3 is 19.5 Å². The van der Waals surface area contributed by atoms with E-state index in [4.69, 9.17) is 25.8 Å². The minimum atomic E-state index is -0.401. The summed E-state index contributed by atoms with van der Waals surface area (Å²) in [6.07, 6.45) is 1.49. The van der Waals surface area contributed by atoms with Crippen LogP contribution in [0, 0.1) is 6.92 Å². The summed E-state index contributed by atoms with van der Waals surface area (Å²) in [7, 11) is 3.02. The van der Waals surface area contributed by atoms with Gasteiger partial charge in [-0.2, -0.15) is 5.10 Å². The smallest absolute Gasteiger partial charge is 0.271 e. The number of hydrogen-bond donors (Lipinski definition) is 2. The predicted molar refractivity (Wildman–Crippen MR) is 139 cm³/mol. The summed E-state index contributed by atoms with van der Waals surface area (Å²) in [5.41, 5.74) is 5.06. The summed E-state index contributed by atoms with van der Waals surface area (Å²) in [6.45, 7) is 1.70. The molecule has 10 heteroatoms. The normalized spacial score (nSPS) is 10.7. The van der Waals surface area contributed by atoms with Crippen LogP contribution in [0.25, 0.3) is 0 Å². The highest BCUT2D eigenvalue weighted by molar-refractivity contribution is 9.10. The molecular weight excluding hydrogens is 538 g/mol. The topological polar surface area (TPSA) is 98.3 Å². The molecule has 0 aliphatic heterocycles. The summed E-state index contributed by atoms with van der Waals surface area (Å²) in [6, 6.07) is 15.3. The SMILES string of the molecule is COc1ccc(C(=O)N/N=C/c2ccc(OCC(=O)Nc3ccc(C)c(Cl)c3)c(Br)c2)cc1OC. The van der Waals surface area contributed by atoms with E-state index in [1.807, 2.05) is 13.0 Å². The maximum atomic E-state index is 12.3. The standard InChI is InChI=1S/C25H23BrClN3O5/c1-15-4-7-18(12-20(15)27)29-24(31)14-35-21-8-5-16(10-19(21)26)13-28-30-25(32)17-6-9-22(33-2)23(11-17)34-3/h4-13H,14H2,1-3H3,(H,29,31)(H,30,32)/b28-13+. The monoisotopic (exact) mass is 559 g/mol. The van der Waals surface area contributed by atoms with E-state index in [2.05, 4.69) is 31.8 Å². The van der Waals surface area contributed by atoms with Crippen LogP contribution in [0.2, 0.25) is 5.02 Å². The lowest BCUT2D eigenvalue weighted by Gasteiger charge is -2.10. The number of hydrazone groups is 1. The second-order valence-electron chi connectivity index (χ2n) is 7.26. The number of amides is 2. The Morgan fingerprint density at radius 3 is 2.43 bits per heavy atom. The molecule has 8 nitrogen and oxygen atoms in total. The number of carbonyl (C=O) groups is 2. The Hall–Kier alpha value is -3.56. The number of aryl methyl sites for hydroxylation is 1. The number of anilines is 1. The minimum absolute atomic E-state index is 0.182. The zero-order chi connectivity index (χ0) is 25.4. The highest BCUT2D eigenvalue weighted by atomic mass is 79.9. The quantitative estimate of drug-likeness (QED) is 0.277. The van der Waals surface area contributed by atoms with Crippen molar-refractivity contribution in [1.29, 1.82) is 0 Å². The highest BCUT2D eigenvalue weighted by Crippen LogP contribution is 2.28. The van der Waals surface area contributed by atoms with E-state index in [1.165, 1.54) is 20.4 Å². The molecule has 0 saturated heterocycles. The molecule has 0 aliphatic rings. The Kier molecular flexibility index (Phi) is 9.11. The number of halogens is 2. The number of methoxy groups -OCH3 is 2. The van der Waals surface area contributed by atoms with Gasteiger partial charge in [0, 0.05) is 16.3 Å². The van der Waals surface area contributed by atoms with Crippen molar-refractivity contribution >= 4 is 51.2 Å². The number of nitrogens with zero attached hydrogens (tertiary/aromatic N) is 1. The lowest BCUT2D eigenvalue weighted by atomic mass is 10.2. The first-order valence-corrected chi connectivity index (χ1v) is 11.5. The average molecular weight is 561 g/mol. The summed E-state index contributed by atoms with van der Waals surface area (Å²) in [5.74, 6) is 0.729. The zero-order valence-corrected chi connectivity index (χ0v) is 21.6. The summed E-state index contributed by atoms with van der Waals surface area (Å²) in [4.78, 5) is 24.5. The molecule has 0 heterocycles. The van der Waals surface area contributed by atoms with Gasteiger partial charge in [0.15, 0.2) is 18.1 Å². The number of rotatable bonds is 9. The molecule has 3 aromatic carbocycles. The molecule has 0 spiro atoms. The Labute approximate surface area is 216 Å². The van der Waals surface area contributed by atoms with Gasteiger partial charge in [0.1, 0.15) is 5.75 Å². The molecule has 0 atom stereocenters. The van der Waals surface area contributed by atoms with Crippen LogP contribution in [0.4, 0.5) is 5.69 Å². The van der Waals surface area contributed by atoms with Crippen LogP contribution in [0.5, 0.6) is 17.2 Å². The van der Waals surface area contributed by atoms with E-state index in [1.54, 1.807) is 48.5 Å². The molecule has 2 amide bonds. The van der Waals surface area contributed by atoms with E-state index in [0.29, 0.717) is 43.6 Å². The van der Waals surface area contributed by atoms with Gasteiger partial charge in [0.05, 0.1) is 24.9 Å². The van der Waals surface area contributed by atoms with Crippen LogP contribution >= 0.6 is 27.5 Å². The predicted octanol–water partition coefficient (Wildman–Crippen LogP) is 5.21. The van der Waals surface area contributed by atoms with Gasteiger partial charge in [-0.1, -0.05) is 17.7 Å². The second kappa shape index (κ2) is 12.2. The van der Waals surface area contributed by atoms with Crippen LogP contribution < -0.4 is 25.0 Å². The van der Waals surface area contributed by atoms with Gasteiger partial charge in [-0.15, -0.1) is 0 Å². The van der Waals surface area contributed by atoms with Crippen molar-refractivity contribution in [1.82, 2.24) is 5.43 Å². The number of ether oxygens (including phenoxy) is 3. The number of nitrogens with one attached hydrogen (secondary N) is 2. The molecule has 2 N–H and O–H groups in total. The fourth-order valence-electron chi connectivity index (χ4n) is 2.93. The van der Waals surface area contributed by atoms with Gasteiger partial charge in [-0.05, 0) is 82.5 Å². The van der Waals surface area contributed by atoms with Crippen LogP contribution in [-0.2, 0) is 4.79 Å². The molecule has 182 valence electrons. The van der Waals surface area contributed by atoms with E-state index in [-0.39, 0.29) is 12.5 Å². The molecule has 0 radical (unpaired) electrons. The van der Waals surface area contributed by atoms with Crippen molar-refractivity contribution in [3.8, 4) is 17.2 Å². The third kappa shape index (κ3) is 7.21. The molecule has 35 heavy (non-hydrogen) atoms. The largest absolute Gasteiger partial charge is 0.493 e.